The molecule has 7 nitrogen and oxygen atoms in total. The van der Waals surface area contributed by atoms with Crippen LogP contribution in [-0.4, -0.2) is 34.6 Å². The van der Waals surface area contributed by atoms with Crippen molar-refractivity contribution in [3.8, 4) is 0 Å². The van der Waals surface area contributed by atoms with E-state index in [4.69, 9.17) is 4.74 Å². The third kappa shape index (κ3) is 4.07. The molecule has 1 aromatic rings. The van der Waals surface area contributed by atoms with Gasteiger partial charge in [-0.3, -0.25) is 0 Å². The predicted octanol–water partition coefficient (Wildman–Crippen LogP) is 1.50. The van der Waals surface area contributed by atoms with Gasteiger partial charge >= 0.3 is 5.82 Å². The van der Waals surface area contributed by atoms with E-state index < -0.39 is 13.0 Å². The second-order valence-electron chi connectivity index (χ2n) is 4.70. The van der Waals surface area contributed by atoms with Crippen molar-refractivity contribution in [2.45, 2.75) is 32.4 Å². The lowest BCUT2D eigenvalue weighted by atomic mass is 10.7. The van der Waals surface area contributed by atoms with E-state index in [2.05, 4.69) is 30.0 Å². The summed E-state index contributed by atoms with van der Waals surface area (Å²) >= 11 is 0. The van der Waals surface area contributed by atoms with E-state index in [-0.39, 0.29) is 12.5 Å². The number of aromatic nitrogens is 3. The molecule has 0 fully saturated rings. The molecule has 1 aromatic heterocycles. The lowest BCUT2D eigenvalue weighted by Gasteiger charge is -2.14. The van der Waals surface area contributed by atoms with Crippen LogP contribution in [0.2, 0.25) is 25.7 Å². The molecule has 0 N–H and O–H groups in total. The minimum absolute atomic E-state index is 0.0841. The summed E-state index contributed by atoms with van der Waals surface area (Å²) in [5, 5.41) is 17.6. The van der Waals surface area contributed by atoms with Gasteiger partial charge in [0.25, 0.3) is 0 Å². The fourth-order valence-corrected chi connectivity index (χ4v) is 1.77. The van der Waals surface area contributed by atoms with E-state index >= 15 is 0 Å². The van der Waals surface area contributed by atoms with E-state index in [0.717, 1.165) is 16.9 Å². The standard InChI is InChI=1S/C8H16N4O3Si/c1-16(2,3)5-4-15-7-11-8(12(13)14)6-9-10-11/h6H,4-5,7H2,1-3H3. The summed E-state index contributed by atoms with van der Waals surface area (Å²) in [6, 6.07) is 1.02. The molecule has 1 rings (SSSR count). The van der Waals surface area contributed by atoms with Gasteiger partial charge in [0.05, 0.1) is 0 Å². The van der Waals surface area contributed by atoms with Gasteiger partial charge in [0.1, 0.15) is 6.20 Å². The molecule has 0 aliphatic heterocycles. The van der Waals surface area contributed by atoms with Gasteiger partial charge in [0.15, 0.2) is 0 Å². The Morgan fingerprint density at radius 1 is 1.56 bits per heavy atom. The highest BCUT2D eigenvalue weighted by Gasteiger charge is 2.16. The molecule has 0 aliphatic carbocycles. The van der Waals surface area contributed by atoms with Gasteiger partial charge in [-0.05, 0) is 11.0 Å². The Morgan fingerprint density at radius 3 is 2.81 bits per heavy atom. The van der Waals surface area contributed by atoms with Crippen LogP contribution in [0.5, 0.6) is 0 Å². The third-order valence-corrected chi connectivity index (χ3v) is 3.70. The van der Waals surface area contributed by atoms with Crippen molar-refractivity contribution >= 4 is 13.9 Å². The first-order chi connectivity index (χ1) is 7.40. The number of rotatable bonds is 6. The molecule has 0 saturated heterocycles. The lowest BCUT2D eigenvalue weighted by Crippen LogP contribution is -2.22. The minimum atomic E-state index is -1.12. The summed E-state index contributed by atoms with van der Waals surface area (Å²) < 4.78 is 6.48. The second kappa shape index (κ2) is 5.17. The summed E-state index contributed by atoms with van der Waals surface area (Å²) in [7, 11) is -1.12. The highest BCUT2D eigenvalue weighted by molar-refractivity contribution is 6.76. The Kier molecular flexibility index (Phi) is 4.13. The number of hydrogen-bond acceptors (Lipinski definition) is 5. The van der Waals surface area contributed by atoms with Gasteiger partial charge in [0, 0.05) is 19.9 Å². The third-order valence-electron chi connectivity index (χ3n) is 1.99. The van der Waals surface area contributed by atoms with Gasteiger partial charge in [-0.25, -0.2) is 0 Å². The molecule has 8 heteroatoms. The van der Waals surface area contributed by atoms with Crippen molar-refractivity contribution in [1.29, 1.82) is 0 Å². The molecule has 1 heterocycles. The topological polar surface area (TPSA) is 83.1 Å². The smallest absolute Gasteiger partial charge is 0.358 e. The normalized spacial score (nSPS) is 11.7. The Bertz CT molecular complexity index is 360. The predicted molar refractivity (Wildman–Crippen MR) is 60.8 cm³/mol. The zero-order valence-corrected chi connectivity index (χ0v) is 10.7. The van der Waals surface area contributed by atoms with Crippen molar-refractivity contribution in [1.82, 2.24) is 15.0 Å². The molecule has 0 atom stereocenters. The Labute approximate surface area is 94.6 Å². The maximum absolute atomic E-state index is 10.5. The first kappa shape index (κ1) is 12.8. The minimum Gasteiger partial charge on any atom is -0.358 e. The highest BCUT2D eigenvalue weighted by atomic mass is 28.3. The van der Waals surface area contributed by atoms with Crippen LogP contribution in [0.15, 0.2) is 6.20 Å². The van der Waals surface area contributed by atoms with Crippen molar-refractivity contribution in [2.75, 3.05) is 6.61 Å². The molecular weight excluding hydrogens is 228 g/mol. The summed E-state index contributed by atoms with van der Waals surface area (Å²) in [5.74, 6) is -0.145. The number of ether oxygens (including phenoxy) is 1. The SMILES string of the molecule is C[Si](C)(C)CCOCn1nncc1[N+](=O)[O-]. The van der Waals surface area contributed by atoms with Gasteiger partial charge in [-0.1, -0.05) is 24.3 Å². The molecular formula is C8H16N4O3Si. The van der Waals surface area contributed by atoms with Crippen LogP contribution in [0.1, 0.15) is 0 Å². The molecule has 16 heavy (non-hydrogen) atoms. The Morgan fingerprint density at radius 2 is 2.25 bits per heavy atom. The number of hydrogen-bond donors (Lipinski definition) is 0. The van der Waals surface area contributed by atoms with Crippen LogP contribution in [0.3, 0.4) is 0 Å². The van der Waals surface area contributed by atoms with Gasteiger partial charge in [0.2, 0.25) is 6.73 Å². The lowest BCUT2D eigenvalue weighted by molar-refractivity contribution is -0.393. The van der Waals surface area contributed by atoms with E-state index in [9.17, 15) is 10.1 Å². The monoisotopic (exact) mass is 244 g/mol. The van der Waals surface area contributed by atoms with Gasteiger partial charge in [-0.15, -0.1) is 5.10 Å². The molecule has 0 radical (unpaired) electrons. The first-order valence-electron chi connectivity index (χ1n) is 5.01. The summed E-state index contributed by atoms with van der Waals surface area (Å²) in [5.41, 5.74) is 0. The van der Waals surface area contributed by atoms with Crippen molar-refractivity contribution in [2.24, 2.45) is 0 Å². The summed E-state index contributed by atoms with van der Waals surface area (Å²) in [6.45, 7) is 7.42. The quantitative estimate of drug-likeness (QED) is 0.328. The molecule has 0 bridgehead atoms. The maximum atomic E-state index is 10.5. The Hall–Kier alpha value is -1.28. The van der Waals surface area contributed by atoms with Crippen molar-refractivity contribution in [3.05, 3.63) is 16.3 Å². The van der Waals surface area contributed by atoms with Crippen LogP contribution >= 0.6 is 0 Å². The van der Waals surface area contributed by atoms with Gasteiger partial charge < -0.3 is 14.9 Å². The molecule has 0 aliphatic rings. The van der Waals surface area contributed by atoms with E-state index in [0.29, 0.717) is 6.61 Å². The van der Waals surface area contributed by atoms with Crippen LogP contribution in [0.4, 0.5) is 5.82 Å². The summed E-state index contributed by atoms with van der Waals surface area (Å²) in [6.07, 6.45) is 1.11. The fraction of sp³-hybridized carbons (Fsp3) is 0.750. The van der Waals surface area contributed by atoms with E-state index in [1.54, 1.807) is 0 Å². The van der Waals surface area contributed by atoms with Crippen molar-refractivity contribution in [3.63, 3.8) is 0 Å². The molecule has 0 unspecified atom stereocenters. The molecule has 0 saturated carbocycles. The molecule has 0 amide bonds. The number of nitro groups is 1. The first-order valence-corrected chi connectivity index (χ1v) is 8.71. The van der Waals surface area contributed by atoms with Crippen LogP contribution in [0.25, 0.3) is 0 Å². The Balaban J connectivity index is 2.38. The highest BCUT2D eigenvalue weighted by Crippen LogP contribution is 2.10. The summed E-state index contributed by atoms with van der Waals surface area (Å²) in [4.78, 5) is 10.0. The van der Waals surface area contributed by atoms with Crippen molar-refractivity contribution < 1.29 is 9.66 Å². The zero-order chi connectivity index (χ0) is 12.2. The fourth-order valence-electron chi connectivity index (χ4n) is 1.01. The van der Waals surface area contributed by atoms with Crippen LogP contribution in [0, 0.1) is 10.1 Å². The average molecular weight is 244 g/mol. The number of nitrogens with zero attached hydrogens (tertiary/aromatic N) is 4. The van der Waals surface area contributed by atoms with Gasteiger partial charge in [-0.2, -0.15) is 0 Å². The average Bonchev–Trinajstić information content (AvgIpc) is 2.58. The molecule has 0 spiro atoms. The maximum Gasteiger partial charge on any atom is 0.367 e. The largest absolute Gasteiger partial charge is 0.367 e. The van der Waals surface area contributed by atoms with Crippen LogP contribution < -0.4 is 0 Å². The van der Waals surface area contributed by atoms with E-state index in [1.807, 2.05) is 0 Å². The zero-order valence-electron chi connectivity index (χ0n) is 9.71. The van der Waals surface area contributed by atoms with E-state index in [1.165, 1.54) is 0 Å². The molecule has 0 aromatic carbocycles. The molecule has 90 valence electrons. The second-order valence-corrected chi connectivity index (χ2v) is 10.3. The van der Waals surface area contributed by atoms with Crippen LogP contribution in [-0.2, 0) is 11.5 Å².